The quantitative estimate of drug-likeness (QED) is 0.123. The van der Waals surface area contributed by atoms with Crippen molar-refractivity contribution in [3.05, 3.63) is 46.8 Å². The number of rotatable bonds is 10. The Bertz CT molecular complexity index is 1500. The summed E-state index contributed by atoms with van der Waals surface area (Å²) in [5.41, 5.74) is -3.97. The van der Waals surface area contributed by atoms with Gasteiger partial charge in [-0.05, 0) is 17.5 Å². The van der Waals surface area contributed by atoms with E-state index in [9.17, 15) is 30.7 Å². The second-order valence-corrected chi connectivity index (χ2v) is 51.5. The van der Waals surface area contributed by atoms with E-state index < -0.39 is 43.6 Å². The first-order valence-electron chi connectivity index (χ1n) is 15.1. The Hall–Kier alpha value is 0.352. The first-order chi connectivity index (χ1) is 20.3. The Morgan fingerprint density at radius 1 is 0.652 bits per heavy atom. The minimum Gasteiger partial charge on any atom is -0.322 e. The molecule has 1 aromatic carbocycles. The number of aromatic nitrogens is 1. The Morgan fingerprint density at radius 2 is 1.00 bits per heavy atom. The van der Waals surface area contributed by atoms with Crippen LogP contribution in [0.5, 0.6) is 0 Å². The zero-order chi connectivity index (χ0) is 36.4. The molecule has 0 aliphatic heterocycles. The normalized spacial score (nSPS) is 15.0. The van der Waals surface area contributed by atoms with Crippen molar-refractivity contribution in [3.63, 3.8) is 0 Å². The average molecular weight is 859 g/mol. The largest absolute Gasteiger partial charge is 0.322 e. The van der Waals surface area contributed by atoms with Crippen molar-refractivity contribution in [1.82, 2.24) is 4.98 Å². The van der Waals surface area contributed by atoms with Crippen LogP contribution in [0.25, 0.3) is 10.9 Å². The van der Waals surface area contributed by atoms with Gasteiger partial charge in [-0.3, -0.25) is 4.79 Å². The van der Waals surface area contributed by atoms with Gasteiger partial charge in [0.1, 0.15) is 0 Å². The van der Waals surface area contributed by atoms with Gasteiger partial charge in [-0.15, -0.1) is 0 Å². The van der Waals surface area contributed by atoms with Crippen LogP contribution in [0, 0.1) is 0 Å². The minimum atomic E-state index is -4.14. The van der Waals surface area contributed by atoms with Crippen LogP contribution in [0.4, 0.5) is 0 Å². The van der Waals surface area contributed by atoms with Crippen LogP contribution in [-0.2, 0) is 32.7 Å². The molecular weight excluding hydrogens is 802 g/mol. The maximum atomic E-state index is 11.7. The summed E-state index contributed by atoms with van der Waals surface area (Å²) in [5, 5.41) is -0.232. The van der Waals surface area contributed by atoms with Crippen molar-refractivity contribution >= 4 is 61.1 Å². The molecule has 0 amide bonds. The van der Waals surface area contributed by atoms with Gasteiger partial charge in [-0.2, -0.15) is 0 Å². The smallest absolute Gasteiger partial charge is 0.248 e. The molecule has 2 aromatic rings. The molecule has 0 spiro atoms. The van der Waals surface area contributed by atoms with Crippen molar-refractivity contribution < 1.29 is 38.4 Å². The van der Waals surface area contributed by atoms with Crippen molar-refractivity contribution in [1.29, 1.82) is 0 Å². The molecule has 0 aliphatic rings. The third-order valence-electron chi connectivity index (χ3n) is 8.01. The molecule has 0 unspecified atom stereocenters. The number of benzene rings is 1. The van der Waals surface area contributed by atoms with E-state index in [1.165, 1.54) is 6.07 Å². The van der Waals surface area contributed by atoms with Crippen LogP contribution in [-0.4, -0.2) is 75.4 Å². The van der Waals surface area contributed by atoms with E-state index in [-0.39, 0.29) is 50.5 Å². The molecule has 0 saturated heterocycles. The van der Waals surface area contributed by atoms with Gasteiger partial charge in [-0.1, -0.05) is 18.2 Å². The van der Waals surface area contributed by atoms with Gasteiger partial charge >= 0.3 is 229 Å². The number of aromatic amines is 1. The van der Waals surface area contributed by atoms with Gasteiger partial charge < -0.3 is 4.98 Å². The number of hydrogen-bond acceptors (Lipinski definition) is 5. The molecule has 1 heterocycles. The molecule has 0 bridgehead atoms. The van der Waals surface area contributed by atoms with Gasteiger partial charge in [0, 0.05) is 11.6 Å². The molecule has 15 heteroatoms. The standard InChI is InChI=1S/2C11H25O3PS.C9H7NO.2ClH.Pd/c2*1-10(2,3)15(11(4,5)6)8-7-9-16(12,13)14;11-9-6-5-7-3-1-2-4-8(7)10-9;;;/h2*7-9H2,1-6H3,(H,12,13,14);1-6H,(H,10,11);2*1H;/q;;;;;+2/p-2. The maximum absolute atomic E-state index is 11.7. The van der Waals surface area contributed by atoms with E-state index in [2.05, 4.69) is 88.1 Å². The van der Waals surface area contributed by atoms with Crippen molar-refractivity contribution in [3.8, 4) is 0 Å². The Balaban J connectivity index is 0.000000790. The van der Waals surface area contributed by atoms with Gasteiger partial charge in [0.25, 0.3) is 0 Å². The molecular formula is C31H57Cl2NO7P2PdS2. The molecule has 0 atom stereocenters. The van der Waals surface area contributed by atoms with Crippen LogP contribution in [0.1, 0.15) is 95.9 Å². The molecule has 274 valence electrons. The molecule has 0 aliphatic carbocycles. The summed E-state index contributed by atoms with van der Waals surface area (Å²) < 4.78 is 65.6. The van der Waals surface area contributed by atoms with Crippen molar-refractivity contribution in [2.75, 3.05) is 23.8 Å². The fourth-order valence-corrected chi connectivity index (χ4v) is 89.4. The molecule has 46 heavy (non-hydrogen) atoms. The predicted octanol–water partition coefficient (Wildman–Crippen LogP) is 9.59. The number of fused-ring (bicyclic) bond motifs is 1. The summed E-state index contributed by atoms with van der Waals surface area (Å²) in [5.74, 6) is -0.694. The number of halogens is 2. The van der Waals surface area contributed by atoms with E-state index in [1.54, 1.807) is 0 Å². The van der Waals surface area contributed by atoms with Gasteiger partial charge in [0.2, 0.25) is 5.56 Å². The number of para-hydroxylation sites is 1. The van der Waals surface area contributed by atoms with E-state index in [0.29, 0.717) is 12.3 Å². The first kappa shape index (κ1) is 44.4. The Kier molecular flexibility index (Phi) is 14.8. The molecule has 0 saturated carbocycles. The maximum Gasteiger partial charge on any atom is 0.248 e. The molecule has 2 rings (SSSR count). The van der Waals surface area contributed by atoms with Gasteiger partial charge in [-0.25, -0.2) is 0 Å². The van der Waals surface area contributed by atoms with Gasteiger partial charge in [0.05, 0.1) is 0 Å². The fourth-order valence-electron chi connectivity index (χ4n) is 6.74. The van der Waals surface area contributed by atoms with Crippen molar-refractivity contribution in [2.45, 2.75) is 117 Å². The van der Waals surface area contributed by atoms with E-state index in [1.807, 2.05) is 30.3 Å². The predicted molar refractivity (Wildman–Crippen MR) is 201 cm³/mol. The molecule has 0 radical (unpaired) electrons. The molecule has 0 fully saturated rings. The minimum absolute atomic E-state index is 0.0521. The molecule has 8 nitrogen and oxygen atoms in total. The first-order valence-corrected chi connectivity index (χ1v) is 30.1. The molecule has 3 N–H and O–H groups in total. The Labute approximate surface area is 289 Å². The second kappa shape index (κ2) is 15.3. The molecule has 1 aromatic heterocycles. The summed E-state index contributed by atoms with van der Waals surface area (Å²) in [7, 11) is 7.74. The summed E-state index contributed by atoms with van der Waals surface area (Å²) in [6, 6.07) is 11.0. The van der Waals surface area contributed by atoms with Crippen LogP contribution < -0.4 is 5.56 Å². The average Bonchev–Trinajstić information content (AvgIpc) is 2.80. The third kappa shape index (κ3) is 10.2. The monoisotopic (exact) mass is 857 g/mol. The SMILES string of the molecule is CC(C)(C)[P+](CCCS(=O)(=O)O)(C(C)(C)C)[Pd-2]([Cl])([Cl])[P+](CCCS(=O)(=O)O)(C(C)(C)C)C(C)(C)C.O=c1ccc2ccccc2[nH]1. The van der Waals surface area contributed by atoms with Crippen LogP contribution in [0.2, 0.25) is 0 Å². The van der Waals surface area contributed by atoms with Crippen LogP contribution >= 0.6 is 30.0 Å². The summed E-state index contributed by atoms with van der Waals surface area (Å²) in [6.45, 7) is 25.7. The van der Waals surface area contributed by atoms with Crippen LogP contribution in [0.3, 0.4) is 0 Å². The van der Waals surface area contributed by atoms with Crippen molar-refractivity contribution in [2.24, 2.45) is 0 Å². The zero-order valence-corrected chi connectivity index (χ0v) is 35.9. The zero-order valence-electron chi connectivity index (χ0n) is 29.4. The fraction of sp³-hybridized carbons (Fsp3) is 0.710. The second-order valence-electron chi connectivity index (χ2n) is 15.5. The number of pyridine rings is 1. The van der Waals surface area contributed by atoms with Gasteiger partial charge in [0.15, 0.2) is 0 Å². The topological polar surface area (TPSA) is 142 Å². The van der Waals surface area contributed by atoms with E-state index in [0.717, 1.165) is 10.9 Å². The number of hydrogen-bond donors (Lipinski definition) is 3. The number of nitrogens with one attached hydrogen (secondary N) is 1. The van der Waals surface area contributed by atoms with E-state index >= 15 is 0 Å². The van der Waals surface area contributed by atoms with E-state index in [4.69, 9.17) is 19.1 Å². The summed E-state index contributed by atoms with van der Waals surface area (Å²) in [4.78, 5) is 13.6. The number of H-pyrrole nitrogens is 1. The van der Waals surface area contributed by atoms with Crippen LogP contribution in [0.15, 0.2) is 41.2 Å². The third-order valence-corrected chi connectivity index (χ3v) is 64.6. The Morgan fingerprint density at radius 3 is 1.33 bits per heavy atom. The summed E-state index contributed by atoms with van der Waals surface area (Å²) in [6.07, 6.45) is 1.57. The summed E-state index contributed by atoms with van der Waals surface area (Å²) >= 11 is -3.55.